The predicted octanol–water partition coefficient (Wildman–Crippen LogP) is 3.45. The lowest BCUT2D eigenvalue weighted by molar-refractivity contribution is -0.129. The van der Waals surface area contributed by atoms with E-state index >= 15 is 0 Å². The van der Waals surface area contributed by atoms with Gasteiger partial charge in [0.15, 0.2) is 11.5 Å². The number of halogens is 2. The number of carbonyl (C=O) groups is 1. The Morgan fingerprint density at radius 2 is 1.96 bits per heavy atom. The third-order valence-corrected chi connectivity index (χ3v) is 4.20. The smallest absolute Gasteiger partial charge is 0.227 e. The van der Waals surface area contributed by atoms with Crippen LogP contribution in [0.5, 0.6) is 11.5 Å². The van der Waals surface area contributed by atoms with Crippen molar-refractivity contribution in [2.75, 3.05) is 20.3 Å². The van der Waals surface area contributed by atoms with Gasteiger partial charge in [0.05, 0.1) is 6.42 Å². The van der Waals surface area contributed by atoms with E-state index in [9.17, 15) is 9.18 Å². The monoisotopic (exact) mass is 349 g/mol. The first-order chi connectivity index (χ1) is 11.5. The number of ether oxygens (including phenoxy) is 2. The van der Waals surface area contributed by atoms with Crippen molar-refractivity contribution in [1.29, 1.82) is 0 Å². The number of benzene rings is 2. The standard InChI is InChI=1S/C18H17ClFNO3/c1-21(18(22)10-13-14(19)3-2-4-15(13)20)11-12-5-6-16-17(9-12)24-8-7-23-16/h2-6,9H,7-8,10-11H2,1H3. The number of fused-ring (bicyclic) bond motifs is 1. The van der Waals surface area contributed by atoms with Gasteiger partial charge < -0.3 is 14.4 Å². The fraction of sp³-hybridized carbons (Fsp3) is 0.278. The van der Waals surface area contributed by atoms with E-state index in [0.29, 0.717) is 31.3 Å². The summed E-state index contributed by atoms with van der Waals surface area (Å²) in [5.41, 5.74) is 1.13. The second-order valence-electron chi connectivity index (χ2n) is 5.60. The Hall–Kier alpha value is -2.27. The predicted molar refractivity (Wildman–Crippen MR) is 89.0 cm³/mol. The molecule has 0 spiro atoms. The van der Waals surface area contributed by atoms with Crippen LogP contribution in [-0.2, 0) is 17.8 Å². The first-order valence-electron chi connectivity index (χ1n) is 7.60. The van der Waals surface area contributed by atoms with E-state index in [1.807, 2.05) is 18.2 Å². The molecule has 1 aliphatic heterocycles. The summed E-state index contributed by atoms with van der Waals surface area (Å²) in [7, 11) is 1.67. The van der Waals surface area contributed by atoms with Crippen molar-refractivity contribution in [2.24, 2.45) is 0 Å². The average molecular weight is 350 g/mol. The van der Waals surface area contributed by atoms with Gasteiger partial charge in [-0.25, -0.2) is 4.39 Å². The highest BCUT2D eigenvalue weighted by Crippen LogP contribution is 2.31. The van der Waals surface area contributed by atoms with Crippen molar-refractivity contribution in [3.8, 4) is 11.5 Å². The maximum Gasteiger partial charge on any atom is 0.227 e. The molecule has 0 N–H and O–H groups in total. The molecule has 0 fully saturated rings. The van der Waals surface area contributed by atoms with E-state index in [2.05, 4.69) is 0 Å². The highest BCUT2D eigenvalue weighted by atomic mass is 35.5. The molecule has 24 heavy (non-hydrogen) atoms. The number of hydrogen-bond acceptors (Lipinski definition) is 3. The zero-order valence-corrected chi connectivity index (χ0v) is 14.0. The Morgan fingerprint density at radius 1 is 1.21 bits per heavy atom. The fourth-order valence-corrected chi connectivity index (χ4v) is 2.77. The van der Waals surface area contributed by atoms with Gasteiger partial charge in [0.1, 0.15) is 19.0 Å². The summed E-state index contributed by atoms with van der Waals surface area (Å²) in [4.78, 5) is 13.9. The first-order valence-corrected chi connectivity index (χ1v) is 7.98. The topological polar surface area (TPSA) is 38.8 Å². The summed E-state index contributed by atoms with van der Waals surface area (Å²) in [6.07, 6.45) is -0.0768. The fourth-order valence-electron chi connectivity index (χ4n) is 2.54. The molecule has 2 aromatic carbocycles. The van der Waals surface area contributed by atoms with Gasteiger partial charge in [-0.05, 0) is 29.8 Å². The molecule has 1 heterocycles. The SMILES string of the molecule is CN(Cc1ccc2c(c1)OCCO2)C(=O)Cc1c(F)cccc1Cl. The Kier molecular flexibility index (Phi) is 4.90. The number of hydrogen-bond donors (Lipinski definition) is 0. The summed E-state index contributed by atoms with van der Waals surface area (Å²) >= 11 is 5.98. The summed E-state index contributed by atoms with van der Waals surface area (Å²) < 4.78 is 24.8. The highest BCUT2D eigenvalue weighted by Gasteiger charge is 2.17. The van der Waals surface area contributed by atoms with Gasteiger partial charge in [-0.2, -0.15) is 0 Å². The maximum atomic E-state index is 13.8. The minimum atomic E-state index is -0.469. The molecule has 3 rings (SSSR count). The van der Waals surface area contributed by atoms with Crippen molar-refractivity contribution in [3.05, 3.63) is 58.4 Å². The largest absolute Gasteiger partial charge is 0.486 e. The van der Waals surface area contributed by atoms with Crippen LogP contribution in [-0.4, -0.2) is 31.1 Å². The Bertz CT molecular complexity index is 746. The highest BCUT2D eigenvalue weighted by molar-refractivity contribution is 6.31. The number of carbonyl (C=O) groups excluding carboxylic acids is 1. The van der Waals surface area contributed by atoms with Crippen LogP contribution < -0.4 is 9.47 Å². The van der Waals surface area contributed by atoms with Crippen molar-refractivity contribution in [2.45, 2.75) is 13.0 Å². The second kappa shape index (κ2) is 7.09. The lowest BCUT2D eigenvalue weighted by Gasteiger charge is -2.21. The molecular formula is C18H17ClFNO3. The van der Waals surface area contributed by atoms with E-state index in [-0.39, 0.29) is 22.9 Å². The van der Waals surface area contributed by atoms with Gasteiger partial charge in [0, 0.05) is 24.2 Å². The molecule has 1 aliphatic rings. The van der Waals surface area contributed by atoms with Crippen LogP contribution in [0.3, 0.4) is 0 Å². The minimum Gasteiger partial charge on any atom is -0.486 e. The lowest BCUT2D eigenvalue weighted by atomic mass is 10.1. The molecule has 0 aromatic heterocycles. The molecule has 0 aliphatic carbocycles. The van der Waals surface area contributed by atoms with Gasteiger partial charge in [0.2, 0.25) is 5.91 Å². The Labute approximate surface area is 144 Å². The lowest BCUT2D eigenvalue weighted by Crippen LogP contribution is -2.28. The molecule has 4 nitrogen and oxygen atoms in total. The number of rotatable bonds is 4. The summed E-state index contributed by atoms with van der Waals surface area (Å²) in [5, 5.41) is 0.260. The van der Waals surface area contributed by atoms with E-state index in [4.69, 9.17) is 21.1 Å². The van der Waals surface area contributed by atoms with E-state index in [1.54, 1.807) is 13.1 Å². The van der Waals surface area contributed by atoms with Crippen LogP contribution in [0.2, 0.25) is 5.02 Å². The van der Waals surface area contributed by atoms with Gasteiger partial charge in [-0.1, -0.05) is 23.7 Å². The molecule has 0 unspecified atom stereocenters. The molecule has 0 bridgehead atoms. The zero-order valence-electron chi connectivity index (χ0n) is 13.2. The van der Waals surface area contributed by atoms with Gasteiger partial charge >= 0.3 is 0 Å². The van der Waals surface area contributed by atoms with Crippen molar-refractivity contribution < 1.29 is 18.7 Å². The number of likely N-dealkylation sites (N-methyl/N-ethyl adjacent to an activating group) is 1. The first kappa shape index (κ1) is 16.6. The van der Waals surface area contributed by atoms with Gasteiger partial charge in [-0.3, -0.25) is 4.79 Å². The molecule has 0 radical (unpaired) electrons. The molecular weight excluding hydrogens is 333 g/mol. The Morgan fingerprint density at radius 3 is 2.71 bits per heavy atom. The zero-order chi connectivity index (χ0) is 17.1. The molecule has 0 saturated heterocycles. The quantitative estimate of drug-likeness (QED) is 0.848. The van der Waals surface area contributed by atoms with Crippen LogP contribution in [0.4, 0.5) is 4.39 Å². The molecule has 2 aromatic rings. The molecule has 0 saturated carbocycles. The van der Waals surface area contributed by atoms with Crippen molar-refractivity contribution >= 4 is 17.5 Å². The maximum absolute atomic E-state index is 13.8. The van der Waals surface area contributed by atoms with Crippen LogP contribution >= 0.6 is 11.6 Å². The van der Waals surface area contributed by atoms with Crippen LogP contribution in [0.15, 0.2) is 36.4 Å². The summed E-state index contributed by atoms with van der Waals surface area (Å²) in [6.45, 7) is 1.44. The normalized spacial score (nSPS) is 12.8. The third kappa shape index (κ3) is 3.62. The van der Waals surface area contributed by atoms with Crippen molar-refractivity contribution in [1.82, 2.24) is 4.90 Å². The average Bonchev–Trinajstić information content (AvgIpc) is 2.58. The molecule has 6 heteroatoms. The van der Waals surface area contributed by atoms with Crippen LogP contribution in [0.1, 0.15) is 11.1 Å². The van der Waals surface area contributed by atoms with Gasteiger partial charge in [0.25, 0.3) is 0 Å². The van der Waals surface area contributed by atoms with Crippen LogP contribution in [0.25, 0.3) is 0 Å². The van der Waals surface area contributed by atoms with E-state index in [1.165, 1.54) is 17.0 Å². The Balaban J connectivity index is 1.68. The van der Waals surface area contributed by atoms with Crippen molar-refractivity contribution in [3.63, 3.8) is 0 Å². The molecule has 0 atom stereocenters. The van der Waals surface area contributed by atoms with E-state index < -0.39 is 5.82 Å². The number of nitrogens with zero attached hydrogens (tertiary/aromatic N) is 1. The third-order valence-electron chi connectivity index (χ3n) is 3.84. The number of amides is 1. The van der Waals surface area contributed by atoms with Gasteiger partial charge in [-0.15, -0.1) is 0 Å². The molecule has 1 amide bonds. The molecule has 126 valence electrons. The van der Waals surface area contributed by atoms with E-state index in [0.717, 1.165) is 5.56 Å². The van der Waals surface area contributed by atoms with Crippen LogP contribution in [0, 0.1) is 5.82 Å². The summed E-state index contributed by atoms with van der Waals surface area (Å²) in [6, 6.07) is 9.96. The summed E-state index contributed by atoms with van der Waals surface area (Å²) in [5.74, 6) is 0.703. The second-order valence-corrected chi connectivity index (χ2v) is 6.01. The minimum absolute atomic E-state index is 0.0768.